The topological polar surface area (TPSA) is 67.4 Å². The first kappa shape index (κ1) is 14.0. The molecule has 1 aromatic rings. The van der Waals surface area contributed by atoms with Gasteiger partial charge in [-0.25, -0.2) is 5.01 Å². The standard InChI is InChI=1S/C17H16N4O2/c22-17(20-21-8-10-23-11-9-21)16-14-7-3-5-12-4-1-2-6-13(12)15(14)18-19-16/h1-7H,8-11H2,(H,20,22). The van der Waals surface area contributed by atoms with E-state index in [9.17, 15) is 4.79 Å². The van der Waals surface area contributed by atoms with Crippen molar-refractivity contribution < 1.29 is 9.53 Å². The van der Waals surface area contributed by atoms with Crippen LogP contribution in [0.4, 0.5) is 0 Å². The Balaban J connectivity index is 1.69. The number of hydrogen-bond acceptors (Lipinski definition) is 5. The molecule has 6 heteroatoms. The Morgan fingerprint density at radius 2 is 1.83 bits per heavy atom. The molecule has 1 amide bonds. The van der Waals surface area contributed by atoms with Crippen molar-refractivity contribution in [1.29, 1.82) is 0 Å². The summed E-state index contributed by atoms with van der Waals surface area (Å²) in [4.78, 5) is 12.5. The molecular weight excluding hydrogens is 292 g/mol. The molecule has 1 fully saturated rings. The maximum absolute atomic E-state index is 12.5. The monoisotopic (exact) mass is 308 g/mol. The smallest absolute Gasteiger partial charge is 0.286 e. The zero-order valence-electron chi connectivity index (χ0n) is 12.5. The third-order valence-corrected chi connectivity index (χ3v) is 4.00. The first-order chi connectivity index (χ1) is 11.3. The first-order valence-electron chi connectivity index (χ1n) is 7.61. The summed E-state index contributed by atoms with van der Waals surface area (Å²) >= 11 is 0. The molecule has 0 aromatic heterocycles. The molecule has 0 spiro atoms. The highest BCUT2D eigenvalue weighted by Crippen LogP contribution is 2.29. The predicted molar refractivity (Wildman–Crippen MR) is 86.0 cm³/mol. The fourth-order valence-electron chi connectivity index (χ4n) is 2.82. The van der Waals surface area contributed by atoms with E-state index in [0.29, 0.717) is 32.0 Å². The summed E-state index contributed by atoms with van der Waals surface area (Å²) in [5.74, 6) is -0.232. The molecule has 23 heavy (non-hydrogen) atoms. The number of aromatic nitrogens is 2. The average molecular weight is 308 g/mol. The summed E-state index contributed by atoms with van der Waals surface area (Å²) in [6.07, 6.45) is 0. The molecule has 2 heterocycles. The Morgan fingerprint density at radius 1 is 1.04 bits per heavy atom. The zero-order valence-corrected chi connectivity index (χ0v) is 12.5. The fourth-order valence-corrected chi connectivity index (χ4v) is 2.82. The van der Waals surface area contributed by atoms with Crippen LogP contribution in [0.25, 0.3) is 22.0 Å². The van der Waals surface area contributed by atoms with Gasteiger partial charge in [0.15, 0.2) is 5.69 Å². The number of benzene rings is 1. The minimum atomic E-state index is -0.232. The zero-order chi connectivity index (χ0) is 15.6. The maximum Gasteiger partial charge on any atom is 0.286 e. The van der Waals surface area contributed by atoms with Crippen molar-refractivity contribution in [1.82, 2.24) is 20.6 Å². The van der Waals surface area contributed by atoms with Crippen LogP contribution in [0.15, 0.2) is 42.5 Å². The van der Waals surface area contributed by atoms with E-state index < -0.39 is 0 Å². The summed E-state index contributed by atoms with van der Waals surface area (Å²) in [6.45, 7) is 2.59. The van der Waals surface area contributed by atoms with Gasteiger partial charge in [-0.2, -0.15) is 0 Å². The van der Waals surface area contributed by atoms with E-state index in [1.54, 1.807) is 0 Å². The lowest BCUT2D eigenvalue weighted by atomic mass is 10.1. The van der Waals surface area contributed by atoms with Crippen molar-refractivity contribution >= 4 is 16.7 Å². The van der Waals surface area contributed by atoms with Gasteiger partial charge in [-0.15, -0.1) is 10.2 Å². The van der Waals surface area contributed by atoms with Crippen LogP contribution in [0.1, 0.15) is 10.5 Å². The Labute approximate surface area is 133 Å². The van der Waals surface area contributed by atoms with Crippen LogP contribution in [0.5, 0.6) is 0 Å². The Kier molecular flexibility index (Phi) is 3.61. The second kappa shape index (κ2) is 5.91. The minimum absolute atomic E-state index is 0.232. The predicted octanol–water partition coefficient (Wildman–Crippen LogP) is 1.71. The quantitative estimate of drug-likeness (QED) is 0.780. The largest absolute Gasteiger partial charge is 0.379 e. The molecule has 0 bridgehead atoms. The van der Waals surface area contributed by atoms with E-state index >= 15 is 0 Å². The van der Waals surface area contributed by atoms with Crippen LogP contribution < -0.4 is 5.43 Å². The summed E-state index contributed by atoms with van der Waals surface area (Å²) < 4.78 is 5.28. The molecule has 2 aliphatic heterocycles. The molecule has 0 atom stereocenters. The van der Waals surface area contributed by atoms with Gasteiger partial charge in [0.2, 0.25) is 0 Å². The molecule has 116 valence electrons. The number of morpholine rings is 1. The van der Waals surface area contributed by atoms with E-state index in [1.807, 2.05) is 47.5 Å². The van der Waals surface area contributed by atoms with Gasteiger partial charge in [0.1, 0.15) is 5.69 Å². The number of fused-ring (bicyclic) bond motifs is 3. The van der Waals surface area contributed by atoms with Crippen molar-refractivity contribution in [2.45, 2.75) is 0 Å². The van der Waals surface area contributed by atoms with Crippen LogP contribution in [-0.2, 0) is 4.74 Å². The van der Waals surface area contributed by atoms with Crippen LogP contribution in [0, 0.1) is 0 Å². The second-order valence-electron chi connectivity index (χ2n) is 5.46. The number of ether oxygens (including phenoxy) is 1. The molecule has 3 aliphatic rings. The van der Waals surface area contributed by atoms with Crippen molar-refractivity contribution in [2.24, 2.45) is 0 Å². The first-order valence-corrected chi connectivity index (χ1v) is 7.61. The lowest BCUT2D eigenvalue weighted by molar-refractivity contribution is 0.0125. The van der Waals surface area contributed by atoms with Gasteiger partial charge in [0, 0.05) is 24.0 Å². The number of amides is 1. The van der Waals surface area contributed by atoms with Crippen molar-refractivity contribution in [2.75, 3.05) is 26.3 Å². The lowest BCUT2D eigenvalue weighted by Gasteiger charge is -2.26. The molecule has 0 radical (unpaired) electrons. The van der Waals surface area contributed by atoms with Gasteiger partial charge < -0.3 is 4.74 Å². The number of rotatable bonds is 2. The van der Waals surface area contributed by atoms with E-state index in [2.05, 4.69) is 15.6 Å². The highest BCUT2D eigenvalue weighted by molar-refractivity contribution is 6.04. The van der Waals surface area contributed by atoms with Crippen LogP contribution >= 0.6 is 0 Å². The van der Waals surface area contributed by atoms with Gasteiger partial charge in [-0.1, -0.05) is 42.5 Å². The van der Waals surface area contributed by atoms with Gasteiger partial charge in [-0.05, 0) is 5.39 Å². The van der Waals surface area contributed by atoms with Crippen LogP contribution in [-0.4, -0.2) is 47.4 Å². The Bertz CT molecular complexity index is 830. The SMILES string of the molecule is O=C(NN1CCOCC1)c1nnc2c3ccccc3cccc1-2. The average Bonchev–Trinajstić information content (AvgIpc) is 2.92. The van der Waals surface area contributed by atoms with Crippen molar-refractivity contribution in [3.8, 4) is 11.3 Å². The number of nitrogens with zero attached hydrogens (tertiary/aromatic N) is 3. The van der Waals surface area contributed by atoms with Gasteiger partial charge in [0.05, 0.1) is 13.2 Å². The molecule has 4 rings (SSSR count). The lowest BCUT2D eigenvalue weighted by Crippen LogP contribution is -2.48. The molecule has 1 N–H and O–H groups in total. The Morgan fingerprint density at radius 3 is 2.70 bits per heavy atom. The number of nitrogens with one attached hydrogen (secondary N) is 1. The number of hydrazine groups is 1. The third-order valence-electron chi connectivity index (χ3n) is 4.00. The summed E-state index contributed by atoms with van der Waals surface area (Å²) in [5.41, 5.74) is 4.75. The summed E-state index contributed by atoms with van der Waals surface area (Å²) in [6, 6.07) is 13.8. The van der Waals surface area contributed by atoms with E-state index in [4.69, 9.17) is 4.74 Å². The van der Waals surface area contributed by atoms with E-state index in [-0.39, 0.29) is 5.91 Å². The number of carbonyl (C=O) groups excluding carboxylic acids is 1. The van der Waals surface area contributed by atoms with E-state index in [1.165, 1.54) is 0 Å². The highest BCUT2D eigenvalue weighted by Gasteiger charge is 2.22. The fraction of sp³-hybridized carbons (Fsp3) is 0.235. The molecule has 0 saturated carbocycles. The summed E-state index contributed by atoms with van der Waals surface area (Å²) in [7, 11) is 0. The van der Waals surface area contributed by atoms with Crippen LogP contribution in [0.2, 0.25) is 0 Å². The molecule has 1 saturated heterocycles. The molecule has 0 unspecified atom stereocenters. The normalized spacial score (nSPS) is 15.8. The molecule has 1 aliphatic carbocycles. The maximum atomic E-state index is 12.5. The van der Waals surface area contributed by atoms with Gasteiger partial charge >= 0.3 is 0 Å². The third kappa shape index (κ3) is 2.62. The van der Waals surface area contributed by atoms with Crippen molar-refractivity contribution in [3.63, 3.8) is 0 Å². The molecular formula is C17H16N4O2. The van der Waals surface area contributed by atoms with Gasteiger partial charge in [0.25, 0.3) is 5.91 Å². The number of hydrogen-bond donors (Lipinski definition) is 1. The Hall–Kier alpha value is -2.57. The number of carbonyl (C=O) groups is 1. The van der Waals surface area contributed by atoms with Crippen LogP contribution in [0.3, 0.4) is 0 Å². The summed E-state index contributed by atoms with van der Waals surface area (Å²) in [5, 5.41) is 12.3. The molecule has 6 nitrogen and oxygen atoms in total. The minimum Gasteiger partial charge on any atom is -0.379 e. The van der Waals surface area contributed by atoms with E-state index in [0.717, 1.165) is 22.0 Å². The molecule has 1 aromatic carbocycles. The highest BCUT2D eigenvalue weighted by atomic mass is 16.5. The van der Waals surface area contributed by atoms with Gasteiger partial charge in [-0.3, -0.25) is 10.2 Å². The van der Waals surface area contributed by atoms with Crippen molar-refractivity contribution in [3.05, 3.63) is 48.2 Å². The second-order valence-corrected chi connectivity index (χ2v) is 5.46.